The average molecular weight is 379 g/mol. The molecule has 1 aromatic rings. The number of carbonyl (C=O) groups excluding carboxylic acids is 1. The van der Waals surface area contributed by atoms with Gasteiger partial charge < -0.3 is 19.9 Å². The van der Waals surface area contributed by atoms with Crippen LogP contribution < -0.4 is 5.32 Å². The molecule has 0 atom stereocenters. The Morgan fingerprint density at radius 2 is 2.12 bits per heavy atom. The monoisotopic (exact) mass is 378 g/mol. The maximum absolute atomic E-state index is 12.6. The van der Waals surface area contributed by atoms with Crippen LogP contribution in [0, 0.1) is 0 Å². The maximum Gasteiger partial charge on any atom is 0.244 e. The topological polar surface area (TPSA) is 57.2 Å². The molecule has 0 spiro atoms. The van der Waals surface area contributed by atoms with Gasteiger partial charge in [0.05, 0.1) is 6.10 Å². The number of fused-ring (bicyclic) bond motifs is 1. The van der Waals surface area contributed by atoms with Gasteiger partial charge in [-0.25, -0.2) is 4.99 Å². The third-order valence-electron chi connectivity index (χ3n) is 5.00. The number of likely N-dealkylation sites (tertiary alicyclic amines) is 1. The van der Waals surface area contributed by atoms with E-state index in [0.717, 1.165) is 64.6 Å². The van der Waals surface area contributed by atoms with Crippen molar-refractivity contribution in [1.82, 2.24) is 15.1 Å². The predicted octanol–water partition coefficient (Wildman–Crippen LogP) is 2.10. The van der Waals surface area contributed by atoms with Crippen LogP contribution in [-0.4, -0.2) is 67.1 Å². The Labute approximate surface area is 160 Å². The van der Waals surface area contributed by atoms with Gasteiger partial charge >= 0.3 is 0 Å². The zero-order chi connectivity index (χ0) is 18.4. The summed E-state index contributed by atoms with van der Waals surface area (Å²) in [7, 11) is 0. The van der Waals surface area contributed by atoms with E-state index in [1.54, 1.807) is 11.3 Å². The van der Waals surface area contributed by atoms with Gasteiger partial charge in [-0.15, -0.1) is 11.3 Å². The van der Waals surface area contributed by atoms with Crippen molar-refractivity contribution in [2.45, 2.75) is 45.8 Å². The SMILES string of the molecule is CCNC(=NCC(=O)N1CCc2sccc2C1)N1CCC(OCC)CC1. The summed E-state index contributed by atoms with van der Waals surface area (Å²) < 4.78 is 5.72. The van der Waals surface area contributed by atoms with E-state index in [0.29, 0.717) is 6.10 Å². The third-order valence-corrected chi connectivity index (χ3v) is 6.03. The van der Waals surface area contributed by atoms with Gasteiger partial charge in [0.2, 0.25) is 5.91 Å². The molecule has 2 aliphatic heterocycles. The minimum absolute atomic E-state index is 0.112. The first-order valence-electron chi connectivity index (χ1n) is 9.69. The Morgan fingerprint density at radius 1 is 1.31 bits per heavy atom. The van der Waals surface area contributed by atoms with Crippen LogP contribution in [0.1, 0.15) is 37.1 Å². The van der Waals surface area contributed by atoms with Crippen LogP contribution in [0.3, 0.4) is 0 Å². The van der Waals surface area contributed by atoms with E-state index in [1.807, 2.05) is 11.8 Å². The van der Waals surface area contributed by atoms with Crippen molar-refractivity contribution in [3.63, 3.8) is 0 Å². The number of hydrogen-bond acceptors (Lipinski definition) is 4. The van der Waals surface area contributed by atoms with Crippen molar-refractivity contribution < 1.29 is 9.53 Å². The molecule has 0 unspecified atom stereocenters. The Morgan fingerprint density at radius 3 is 2.85 bits per heavy atom. The minimum atomic E-state index is 0.112. The highest BCUT2D eigenvalue weighted by atomic mass is 32.1. The third kappa shape index (κ3) is 4.76. The highest BCUT2D eigenvalue weighted by Gasteiger charge is 2.23. The zero-order valence-electron chi connectivity index (χ0n) is 15.9. The van der Waals surface area contributed by atoms with Gasteiger partial charge in [0.25, 0.3) is 0 Å². The van der Waals surface area contributed by atoms with Gasteiger partial charge in [0.15, 0.2) is 5.96 Å². The van der Waals surface area contributed by atoms with Gasteiger partial charge in [0.1, 0.15) is 6.54 Å². The fourth-order valence-corrected chi connectivity index (χ4v) is 4.49. The van der Waals surface area contributed by atoms with Gasteiger partial charge in [-0.2, -0.15) is 0 Å². The van der Waals surface area contributed by atoms with Crippen molar-refractivity contribution in [1.29, 1.82) is 0 Å². The standard InChI is InChI=1S/C19H30N4O2S/c1-3-20-19(22-9-5-16(6-10-22)25-4-2)21-13-18(24)23-11-7-17-15(14-23)8-12-26-17/h8,12,16H,3-7,9-11,13-14H2,1-2H3,(H,20,21). The molecule has 0 radical (unpaired) electrons. The number of piperidine rings is 1. The molecule has 1 saturated heterocycles. The first-order valence-corrected chi connectivity index (χ1v) is 10.6. The van der Waals surface area contributed by atoms with Crippen molar-refractivity contribution in [3.8, 4) is 0 Å². The molecule has 144 valence electrons. The summed E-state index contributed by atoms with van der Waals surface area (Å²) >= 11 is 1.79. The molecule has 1 aromatic heterocycles. The Bertz CT molecular complexity index is 623. The largest absolute Gasteiger partial charge is 0.378 e. The molecule has 6 nitrogen and oxygen atoms in total. The van der Waals surface area contributed by atoms with Gasteiger partial charge in [0, 0.05) is 44.2 Å². The lowest BCUT2D eigenvalue weighted by Gasteiger charge is -2.34. The molecular formula is C19H30N4O2S. The first kappa shape index (κ1) is 19.2. The average Bonchev–Trinajstić information content (AvgIpc) is 3.13. The molecule has 3 heterocycles. The second-order valence-corrected chi connectivity index (χ2v) is 7.75. The van der Waals surface area contributed by atoms with Crippen molar-refractivity contribution in [2.24, 2.45) is 4.99 Å². The predicted molar refractivity (Wildman–Crippen MR) is 106 cm³/mol. The molecule has 1 amide bonds. The lowest BCUT2D eigenvalue weighted by atomic mass is 10.1. The number of nitrogens with one attached hydrogen (secondary N) is 1. The number of rotatable bonds is 5. The van der Waals surface area contributed by atoms with Crippen LogP contribution >= 0.6 is 11.3 Å². The molecular weight excluding hydrogens is 348 g/mol. The number of nitrogens with zero attached hydrogens (tertiary/aromatic N) is 3. The molecule has 2 aliphatic rings. The second kappa shape index (κ2) is 9.37. The first-order chi connectivity index (χ1) is 12.7. The highest BCUT2D eigenvalue weighted by Crippen LogP contribution is 2.24. The molecule has 3 rings (SSSR count). The van der Waals surface area contributed by atoms with E-state index in [-0.39, 0.29) is 12.5 Å². The van der Waals surface area contributed by atoms with Crippen LogP contribution in [0.15, 0.2) is 16.4 Å². The Balaban J connectivity index is 1.55. The Hall–Kier alpha value is -1.60. The van der Waals surface area contributed by atoms with Crippen LogP contribution in [0.5, 0.6) is 0 Å². The van der Waals surface area contributed by atoms with E-state index >= 15 is 0 Å². The number of thiophene rings is 1. The van der Waals surface area contributed by atoms with Crippen LogP contribution in [-0.2, 0) is 22.5 Å². The fourth-order valence-electron chi connectivity index (χ4n) is 3.60. The molecule has 0 aliphatic carbocycles. The van der Waals surface area contributed by atoms with Gasteiger partial charge in [-0.05, 0) is 50.1 Å². The van der Waals surface area contributed by atoms with E-state index in [1.165, 1.54) is 10.4 Å². The van der Waals surface area contributed by atoms with Crippen molar-refractivity contribution >= 4 is 23.2 Å². The summed E-state index contributed by atoms with van der Waals surface area (Å²) in [4.78, 5) is 22.8. The number of amides is 1. The van der Waals surface area contributed by atoms with Gasteiger partial charge in [-0.1, -0.05) is 0 Å². The summed E-state index contributed by atoms with van der Waals surface area (Å²) in [6.07, 6.45) is 3.35. The maximum atomic E-state index is 12.6. The molecule has 7 heteroatoms. The zero-order valence-corrected chi connectivity index (χ0v) is 16.7. The molecule has 0 saturated carbocycles. The lowest BCUT2D eigenvalue weighted by molar-refractivity contribution is -0.130. The summed E-state index contributed by atoms with van der Waals surface area (Å²) in [5.74, 6) is 0.963. The fraction of sp³-hybridized carbons (Fsp3) is 0.684. The van der Waals surface area contributed by atoms with E-state index in [9.17, 15) is 4.79 Å². The Kier molecular flexibility index (Phi) is 6.91. The quantitative estimate of drug-likeness (QED) is 0.630. The number of carbonyl (C=O) groups is 1. The number of guanidine groups is 1. The summed E-state index contributed by atoms with van der Waals surface area (Å²) in [5.41, 5.74) is 1.29. The van der Waals surface area contributed by atoms with Crippen LogP contribution in [0.4, 0.5) is 0 Å². The molecule has 0 bridgehead atoms. The van der Waals surface area contributed by atoms with Crippen LogP contribution in [0.25, 0.3) is 0 Å². The normalized spacial score (nSPS) is 18.8. The summed E-state index contributed by atoms with van der Waals surface area (Å²) in [6.45, 7) is 9.28. The molecule has 1 fully saturated rings. The summed E-state index contributed by atoms with van der Waals surface area (Å²) in [5, 5.41) is 5.45. The molecule has 1 N–H and O–H groups in total. The second-order valence-electron chi connectivity index (χ2n) is 6.75. The van der Waals surface area contributed by atoms with E-state index in [2.05, 4.69) is 33.6 Å². The number of ether oxygens (including phenoxy) is 1. The van der Waals surface area contributed by atoms with Gasteiger partial charge in [-0.3, -0.25) is 4.79 Å². The van der Waals surface area contributed by atoms with Crippen molar-refractivity contribution in [2.75, 3.05) is 39.3 Å². The van der Waals surface area contributed by atoms with Crippen molar-refractivity contribution in [3.05, 3.63) is 21.9 Å². The smallest absolute Gasteiger partial charge is 0.244 e. The van der Waals surface area contributed by atoms with E-state index < -0.39 is 0 Å². The molecule has 26 heavy (non-hydrogen) atoms. The minimum Gasteiger partial charge on any atom is -0.378 e. The van der Waals surface area contributed by atoms with E-state index in [4.69, 9.17) is 4.74 Å². The highest BCUT2D eigenvalue weighted by molar-refractivity contribution is 7.10. The summed E-state index contributed by atoms with van der Waals surface area (Å²) in [6, 6.07) is 2.13. The number of aliphatic imine (C=N–C) groups is 1. The molecule has 0 aromatic carbocycles. The van der Waals surface area contributed by atoms with Crippen LogP contribution in [0.2, 0.25) is 0 Å². The number of hydrogen-bond donors (Lipinski definition) is 1. The lowest BCUT2D eigenvalue weighted by Crippen LogP contribution is -2.47.